The highest BCUT2D eigenvalue weighted by atomic mass is 15.1. The van der Waals surface area contributed by atoms with Crippen molar-refractivity contribution in [1.29, 1.82) is 0 Å². The van der Waals surface area contributed by atoms with Crippen LogP contribution in [0.25, 0.3) is 0 Å². The van der Waals surface area contributed by atoms with Crippen LogP contribution in [0.3, 0.4) is 0 Å². The molecular formula is C18H25N3. The molecular weight excluding hydrogens is 258 g/mol. The van der Waals surface area contributed by atoms with Crippen LogP contribution in [-0.2, 0) is 12.8 Å². The molecule has 2 N–H and O–H groups in total. The maximum absolute atomic E-state index is 6.48. The molecule has 2 aromatic rings. The number of hydrogen-bond acceptors (Lipinski definition) is 2. The highest BCUT2D eigenvalue weighted by Gasteiger charge is 2.25. The maximum Gasteiger partial charge on any atom is 0.0957 e. The van der Waals surface area contributed by atoms with Gasteiger partial charge in [-0.25, -0.2) is 4.98 Å². The Hall–Kier alpha value is -1.61. The Morgan fingerprint density at radius 1 is 1.29 bits per heavy atom. The SMILES string of the molecule is CCC(N)C(c1cccc(C)c1)n1cnc2c1CCCC2. The zero-order chi connectivity index (χ0) is 14.8. The fourth-order valence-electron chi connectivity index (χ4n) is 3.42. The molecule has 3 heteroatoms. The Morgan fingerprint density at radius 2 is 2.10 bits per heavy atom. The highest BCUT2D eigenvalue weighted by Crippen LogP contribution is 2.29. The van der Waals surface area contributed by atoms with E-state index in [0.29, 0.717) is 0 Å². The lowest BCUT2D eigenvalue weighted by molar-refractivity contribution is 0.442. The smallest absolute Gasteiger partial charge is 0.0957 e. The van der Waals surface area contributed by atoms with Gasteiger partial charge in [-0.15, -0.1) is 0 Å². The Kier molecular flexibility index (Phi) is 4.11. The highest BCUT2D eigenvalue weighted by molar-refractivity contribution is 5.29. The number of nitrogens with two attached hydrogens (primary N) is 1. The summed E-state index contributed by atoms with van der Waals surface area (Å²) in [6, 6.07) is 9.04. The van der Waals surface area contributed by atoms with Gasteiger partial charge in [-0.2, -0.15) is 0 Å². The number of rotatable bonds is 4. The van der Waals surface area contributed by atoms with Crippen molar-refractivity contribution >= 4 is 0 Å². The molecule has 1 aliphatic rings. The topological polar surface area (TPSA) is 43.8 Å². The van der Waals surface area contributed by atoms with Crippen LogP contribution in [0.2, 0.25) is 0 Å². The van der Waals surface area contributed by atoms with Gasteiger partial charge in [-0.1, -0.05) is 36.8 Å². The van der Waals surface area contributed by atoms with E-state index in [1.54, 1.807) is 0 Å². The summed E-state index contributed by atoms with van der Waals surface area (Å²) in [5, 5.41) is 0. The molecule has 2 unspecified atom stereocenters. The van der Waals surface area contributed by atoms with E-state index < -0.39 is 0 Å². The molecule has 1 aliphatic carbocycles. The second-order valence-electron chi connectivity index (χ2n) is 6.18. The number of aromatic nitrogens is 2. The summed E-state index contributed by atoms with van der Waals surface area (Å²) in [6.45, 7) is 4.30. The molecule has 2 atom stereocenters. The quantitative estimate of drug-likeness (QED) is 0.934. The number of nitrogens with zero attached hydrogens (tertiary/aromatic N) is 2. The van der Waals surface area contributed by atoms with E-state index >= 15 is 0 Å². The summed E-state index contributed by atoms with van der Waals surface area (Å²) in [5.74, 6) is 0. The first-order valence-corrected chi connectivity index (χ1v) is 8.07. The first-order valence-electron chi connectivity index (χ1n) is 8.07. The molecule has 0 spiro atoms. The van der Waals surface area contributed by atoms with Crippen LogP contribution in [0, 0.1) is 6.92 Å². The lowest BCUT2D eigenvalue weighted by atomic mass is 9.94. The number of fused-ring (bicyclic) bond motifs is 1. The summed E-state index contributed by atoms with van der Waals surface area (Å²) in [5.41, 5.74) is 11.7. The van der Waals surface area contributed by atoms with Gasteiger partial charge in [0.2, 0.25) is 0 Å². The fraction of sp³-hybridized carbons (Fsp3) is 0.500. The van der Waals surface area contributed by atoms with Crippen LogP contribution in [0.5, 0.6) is 0 Å². The van der Waals surface area contributed by atoms with Crippen molar-refractivity contribution in [2.75, 3.05) is 0 Å². The largest absolute Gasteiger partial charge is 0.326 e. The Balaban J connectivity index is 2.06. The van der Waals surface area contributed by atoms with Gasteiger partial charge in [-0.05, 0) is 44.6 Å². The van der Waals surface area contributed by atoms with E-state index in [4.69, 9.17) is 5.73 Å². The Morgan fingerprint density at radius 3 is 2.86 bits per heavy atom. The minimum Gasteiger partial charge on any atom is -0.326 e. The van der Waals surface area contributed by atoms with Gasteiger partial charge in [0, 0.05) is 11.7 Å². The first-order chi connectivity index (χ1) is 10.2. The molecule has 1 aromatic carbocycles. The third-order valence-corrected chi connectivity index (χ3v) is 4.62. The number of aryl methyl sites for hydroxylation is 2. The minimum absolute atomic E-state index is 0.118. The third kappa shape index (κ3) is 2.75. The van der Waals surface area contributed by atoms with E-state index in [1.807, 2.05) is 6.33 Å². The predicted molar refractivity (Wildman–Crippen MR) is 86.5 cm³/mol. The lowest BCUT2D eigenvalue weighted by Crippen LogP contribution is -2.33. The summed E-state index contributed by atoms with van der Waals surface area (Å²) in [7, 11) is 0. The molecule has 1 heterocycles. The van der Waals surface area contributed by atoms with Gasteiger partial charge in [-0.3, -0.25) is 0 Å². The standard InChI is InChI=1S/C18H25N3/c1-3-15(19)18(14-8-6-7-13(2)11-14)21-12-20-16-9-4-5-10-17(16)21/h6-8,11-12,15,18H,3-5,9-10,19H2,1-2H3. The third-order valence-electron chi connectivity index (χ3n) is 4.62. The summed E-state index contributed by atoms with van der Waals surface area (Å²) in [6.07, 6.45) is 7.75. The van der Waals surface area contributed by atoms with Crippen LogP contribution in [0.15, 0.2) is 30.6 Å². The molecule has 0 saturated carbocycles. The van der Waals surface area contributed by atoms with Crippen molar-refractivity contribution in [3.8, 4) is 0 Å². The molecule has 112 valence electrons. The van der Waals surface area contributed by atoms with Crippen LogP contribution in [0.1, 0.15) is 54.7 Å². The maximum atomic E-state index is 6.48. The van der Waals surface area contributed by atoms with E-state index in [9.17, 15) is 0 Å². The second-order valence-corrected chi connectivity index (χ2v) is 6.18. The summed E-state index contributed by atoms with van der Waals surface area (Å²) < 4.78 is 2.34. The number of imidazole rings is 1. The molecule has 0 amide bonds. The first kappa shape index (κ1) is 14.3. The van der Waals surface area contributed by atoms with Gasteiger partial charge in [0.25, 0.3) is 0 Å². The Labute approximate surface area is 127 Å². The van der Waals surface area contributed by atoms with Crippen LogP contribution in [0.4, 0.5) is 0 Å². The molecule has 1 aromatic heterocycles. The van der Waals surface area contributed by atoms with E-state index in [-0.39, 0.29) is 12.1 Å². The van der Waals surface area contributed by atoms with Crippen LogP contribution in [-0.4, -0.2) is 15.6 Å². The van der Waals surface area contributed by atoms with E-state index in [2.05, 4.69) is 47.7 Å². The van der Waals surface area contributed by atoms with E-state index in [0.717, 1.165) is 19.3 Å². The van der Waals surface area contributed by atoms with Crippen molar-refractivity contribution in [3.05, 3.63) is 53.1 Å². The van der Waals surface area contributed by atoms with Gasteiger partial charge < -0.3 is 10.3 Å². The van der Waals surface area contributed by atoms with Crippen molar-refractivity contribution < 1.29 is 0 Å². The summed E-state index contributed by atoms with van der Waals surface area (Å²) >= 11 is 0. The summed E-state index contributed by atoms with van der Waals surface area (Å²) in [4.78, 5) is 4.65. The van der Waals surface area contributed by atoms with Gasteiger partial charge in [0.1, 0.15) is 0 Å². The minimum atomic E-state index is 0.118. The average molecular weight is 283 g/mol. The fourth-order valence-corrected chi connectivity index (χ4v) is 3.42. The molecule has 0 fully saturated rings. The van der Waals surface area contributed by atoms with Crippen molar-refractivity contribution in [2.45, 2.75) is 58.0 Å². The molecule has 0 bridgehead atoms. The average Bonchev–Trinajstić information content (AvgIpc) is 2.91. The van der Waals surface area contributed by atoms with Crippen molar-refractivity contribution in [2.24, 2.45) is 5.73 Å². The van der Waals surface area contributed by atoms with Crippen molar-refractivity contribution in [1.82, 2.24) is 9.55 Å². The lowest BCUT2D eigenvalue weighted by Gasteiger charge is -2.28. The number of hydrogen-bond donors (Lipinski definition) is 1. The van der Waals surface area contributed by atoms with E-state index in [1.165, 1.54) is 35.4 Å². The molecule has 0 saturated heterocycles. The second kappa shape index (κ2) is 6.02. The normalized spacial score (nSPS) is 17.3. The molecule has 21 heavy (non-hydrogen) atoms. The molecule has 3 nitrogen and oxygen atoms in total. The number of benzene rings is 1. The van der Waals surface area contributed by atoms with Gasteiger partial charge >= 0.3 is 0 Å². The van der Waals surface area contributed by atoms with Gasteiger partial charge in [0.15, 0.2) is 0 Å². The molecule has 0 radical (unpaired) electrons. The molecule has 0 aliphatic heterocycles. The monoisotopic (exact) mass is 283 g/mol. The molecule has 3 rings (SSSR count). The zero-order valence-electron chi connectivity index (χ0n) is 13.0. The Bertz CT molecular complexity index is 615. The van der Waals surface area contributed by atoms with Crippen molar-refractivity contribution in [3.63, 3.8) is 0 Å². The zero-order valence-corrected chi connectivity index (χ0v) is 13.0. The predicted octanol–water partition coefficient (Wildman–Crippen LogP) is 3.40. The van der Waals surface area contributed by atoms with Crippen LogP contribution < -0.4 is 5.73 Å². The van der Waals surface area contributed by atoms with Crippen LogP contribution >= 0.6 is 0 Å². The van der Waals surface area contributed by atoms with Gasteiger partial charge in [0.05, 0.1) is 18.1 Å².